The van der Waals surface area contributed by atoms with E-state index >= 15 is 0 Å². The van der Waals surface area contributed by atoms with Crippen molar-refractivity contribution in [3.8, 4) is 5.75 Å². The van der Waals surface area contributed by atoms with Crippen LogP contribution in [0.4, 0.5) is 0 Å². The highest BCUT2D eigenvalue weighted by Gasteiger charge is 2.34. The summed E-state index contributed by atoms with van der Waals surface area (Å²) in [6, 6.07) is 18.1. The normalized spacial score (nSPS) is 19.8. The summed E-state index contributed by atoms with van der Waals surface area (Å²) in [5.74, 6) is 1.11. The van der Waals surface area contributed by atoms with E-state index in [-0.39, 0.29) is 11.9 Å². The van der Waals surface area contributed by atoms with Crippen molar-refractivity contribution in [3.63, 3.8) is 0 Å². The van der Waals surface area contributed by atoms with Crippen LogP contribution in [-0.4, -0.2) is 34.7 Å². The van der Waals surface area contributed by atoms with Crippen molar-refractivity contribution < 1.29 is 9.53 Å². The topological polar surface area (TPSA) is 54.3 Å². The summed E-state index contributed by atoms with van der Waals surface area (Å²) in [6.07, 6.45) is 0.768. The van der Waals surface area contributed by atoms with E-state index in [9.17, 15) is 4.79 Å². The van der Waals surface area contributed by atoms with Crippen LogP contribution < -0.4 is 4.74 Å². The summed E-state index contributed by atoms with van der Waals surface area (Å²) in [5, 5.41) is 7.36. The molecular formula is C19H17N3O2S. The number of hydrogen-bond acceptors (Lipinski definition) is 5. The van der Waals surface area contributed by atoms with Gasteiger partial charge in [-0.05, 0) is 23.3 Å². The molecule has 2 aliphatic heterocycles. The Morgan fingerprint density at radius 1 is 1.12 bits per heavy atom. The van der Waals surface area contributed by atoms with Crippen LogP contribution in [0.5, 0.6) is 5.75 Å². The predicted molar refractivity (Wildman–Crippen MR) is 100 cm³/mol. The molecule has 0 unspecified atom stereocenters. The Bertz CT molecular complexity index is 847. The predicted octanol–water partition coefficient (Wildman–Crippen LogP) is 3.48. The van der Waals surface area contributed by atoms with Gasteiger partial charge in [0.15, 0.2) is 5.17 Å². The monoisotopic (exact) mass is 351 g/mol. The van der Waals surface area contributed by atoms with Crippen LogP contribution in [-0.2, 0) is 4.79 Å². The summed E-state index contributed by atoms with van der Waals surface area (Å²) >= 11 is 1.45. The van der Waals surface area contributed by atoms with Crippen molar-refractivity contribution >= 4 is 28.5 Å². The molecule has 0 fully saturated rings. The summed E-state index contributed by atoms with van der Waals surface area (Å²) in [5.41, 5.74) is 3.22. The highest BCUT2D eigenvalue weighted by atomic mass is 32.2. The number of rotatable bonds is 3. The number of ether oxygens (including phenoxy) is 1. The Morgan fingerprint density at radius 3 is 2.52 bits per heavy atom. The molecule has 4 rings (SSSR count). The van der Waals surface area contributed by atoms with E-state index < -0.39 is 0 Å². The van der Waals surface area contributed by atoms with Gasteiger partial charge in [-0.1, -0.05) is 54.2 Å². The fraction of sp³-hybridized carbons (Fsp3) is 0.211. The molecule has 25 heavy (non-hydrogen) atoms. The summed E-state index contributed by atoms with van der Waals surface area (Å²) < 4.78 is 5.25. The number of methoxy groups -OCH3 is 1. The summed E-state index contributed by atoms with van der Waals surface area (Å²) in [6.45, 7) is 0. The van der Waals surface area contributed by atoms with Gasteiger partial charge in [-0.2, -0.15) is 10.1 Å². The van der Waals surface area contributed by atoms with Crippen LogP contribution in [0.25, 0.3) is 0 Å². The smallest absolute Gasteiger partial charge is 0.258 e. The first kappa shape index (κ1) is 15.9. The Morgan fingerprint density at radius 2 is 1.88 bits per heavy atom. The molecule has 0 bridgehead atoms. The molecule has 5 nitrogen and oxygen atoms in total. The lowest BCUT2D eigenvalue weighted by molar-refractivity contribution is -0.115. The molecule has 0 aliphatic carbocycles. The average molecular weight is 351 g/mol. The maximum atomic E-state index is 11.6. The third-order valence-corrected chi connectivity index (χ3v) is 5.19. The number of hydrazone groups is 1. The quantitative estimate of drug-likeness (QED) is 0.850. The third-order valence-electron chi connectivity index (χ3n) is 4.26. The molecule has 2 aromatic rings. The fourth-order valence-corrected chi connectivity index (χ4v) is 3.78. The van der Waals surface area contributed by atoms with E-state index in [0.29, 0.717) is 10.9 Å². The number of amidine groups is 1. The molecule has 0 spiro atoms. The number of hydrogen-bond donors (Lipinski definition) is 0. The number of benzene rings is 2. The number of carbonyl (C=O) groups excluding carboxylic acids is 1. The first-order chi connectivity index (χ1) is 12.2. The van der Waals surface area contributed by atoms with Crippen LogP contribution in [0.3, 0.4) is 0 Å². The van der Waals surface area contributed by atoms with Crippen molar-refractivity contribution in [2.24, 2.45) is 10.1 Å². The Kier molecular flexibility index (Phi) is 4.28. The number of nitrogens with zero attached hydrogens (tertiary/aromatic N) is 3. The highest BCUT2D eigenvalue weighted by Crippen LogP contribution is 2.36. The van der Waals surface area contributed by atoms with Gasteiger partial charge in [0.25, 0.3) is 5.91 Å². The number of carbonyl (C=O) groups is 1. The molecule has 2 aromatic carbocycles. The average Bonchev–Trinajstić information content (AvgIpc) is 3.29. The lowest BCUT2D eigenvalue weighted by Crippen LogP contribution is -2.23. The van der Waals surface area contributed by atoms with E-state index in [1.54, 1.807) is 7.11 Å². The second kappa shape index (κ2) is 6.72. The molecule has 0 saturated carbocycles. The van der Waals surface area contributed by atoms with Gasteiger partial charge in [0.1, 0.15) is 5.75 Å². The second-order valence-corrected chi connectivity index (χ2v) is 6.77. The van der Waals surface area contributed by atoms with E-state index in [2.05, 4.69) is 17.1 Å². The standard InChI is InChI=1S/C19H17N3O2S/c1-24-15-9-7-14(8-10-15)17-11-16(13-5-3-2-4-6-13)21-22(17)19-20-18(23)12-25-19/h2-10,17H,11-12H2,1H3/t17-/m1/s1. The van der Waals surface area contributed by atoms with Crippen LogP contribution in [0, 0.1) is 0 Å². The van der Waals surface area contributed by atoms with E-state index in [1.165, 1.54) is 11.8 Å². The van der Waals surface area contributed by atoms with Crippen molar-refractivity contribution in [1.82, 2.24) is 5.01 Å². The van der Waals surface area contributed by atoms with E-state index in [0.717, 1.165) is 29.0 Å². The van der Waals surface area contributed by atoms with Gasteiger partial charge >= 0.3 is 0 Å². The molecule has 1 amide bonds. The van der Waals surface area contributed by atoms with Crippen molar-refractivity contribution in [2.45, 2.75) is 12.5 Å². The van der Waals surface area contributed by atoms with Gasteiger partial charge in [0, 0.05) is 6.42 Å². The molecule has 0 saturated heterocycles. The molecule has 126 valence electrons. The fourth-order valence-electron chi connectivity index (χ4n) is 2.99. The van der Waals surface area contributed by atoms with Crippen LogP contribution in [0.1, 0.15) is 23.6 Å². The van der Waals surface area contributed by atoms with Gasteiger partial charge in [-0.25, -0.2) is 5.01 Å². The van der Waals surface area contributed by atoms with Crippen LogP contribution in [0.2, 0.25) is 0 Å². The summed E-state index contributed by atoms with van der Waals surface area (Å²) in [7, 11) is 1.66. The zero-order chi connectivity index (χ0) is 17.2. The van der Waals surface area contributed by atoms with E-state index in [4.69, 9.17) is 9.84 Å². The van der Waals surface area contributed by atoms with Crippen molar-refractivity contribution in [1.29, 1.82) is 0 Å². The first-order valence-electron chi connectivity index (χ1n) is 8.05. The van der Waals surface area contributed by atoms with Gasteiger partial charge in [-0.15, -0.1) is 0 Å². The molecule has 0 N–H and O–H groups in total. The largest absolute Gasteiger partial charge is 0.497 e. The maximum absolute atomic E-state index is 11.6. The zero-order valence-electron chi connectivity index (χ0n) is 13.8. The molecule has 2 heterocycles. The SMILES string of the molecule is COc1ccc([C@H]2CC(c3ccccc3)=NN2C2=NC(=O)CS2)cc1. The lowest BCUT2D eigenvalue weighted by atomic mass is 9.98. The molecule has 0 radical (unpaired) electrons. The first-order valence-corrected chi connectivity index (χ1v) is 9.03. The van der Waals surface area contributed by atoms with E-state index in [1.807, 2.05) is 47.5 Å². The lowest BCUT2D eigenvalue weighted by Gasteiger charge is -2.22. The van der Waals surface area contributed by atoms with Gasteiger partial charge < -0.3 is 4.74 Å². The Labute approximate surface area is 150 Å². The van der Waals surface area contributed by atoms with Crippen LogP contribution in [0.15, 0.2) is 64.7 Å². The molecule has 0 aromatic heterocycles. The highest BCUT2D eigenvalue weighted by molar-refractivity contribution is 8.14. The Hall–Kier alpha value is -2.60. The second-order valence-electron chi connectivity index (χ2n) is 5.83. The van der Waals surface area contributed by atoms with Gasteiger partial charge in [-0.3, -0.25) is 4.79 Å². The number of thioether (sulfide) groups is 1. The maximum Gasteiger partial charge on any atom is 0.258 e. The van der Waals surface area contributed by atoms with Crippen molar-refractivity contribution in [3.05, 3.63) is 65.7 Å². The summed E-state index contributed by atoms with van der Waals surface area (Å²) in [4.78, 5) is 15.7. The minimum absolute atomic E-state index is 0.0262. The minimum Gasteiger partial charge on any atom is -0.497 e. The molecule has 2 aliphatic rings. The van der Waals surface area contributed by atoms with Gasteiger partial charge in [0.2, 0.25) is 0 Å². The van der Waals surface area contributed by atoms with Crippen LogP contribution >= 0.6 is 11.8 Å². The third kappa shape index (κ3) is 3.17. The van der Waals surface area contributed by atoms with Gasteiger partial charge in [0.05, 0.1) is 24.6 Å². The molecular weight excluding hydrogens is 334 g/mol. The zero-order valence-corrected chi connectivity index (χ0v) is 14.6. The van der Waals surface area contributed by atoms with Crippen molar-refractivity contribution in [2.75, 3.05) is 12.9 Å². The number of amides is 1. The number of aliphatic imine (C=N–C) groups is 1. The molecule has 1 atom stereocenters. The molecule has 6 heteroatoms. The minimum atomic E-state index is -0.100. The Balaban J connectivity index is 1.69.